The minimum Gasteiger partial charge on any atom is -0.355 e. The zero-order valence-corrected chi connectivity index (χ0v) is 11.4. The summed E-state index contributed by atoms with van der Waals surface area (Å²) in [4.78, 5) is 6.94. The van der Waals surface area contributed by atoms with Crippen LogP contribution in [0.25, 0.3) is 0 Å². The number of guanidine groups is 1. The van der Waals surface area contributed by atoms with Crippen molar-refractivity contribution in [3.63, 3.8) is 0 Å². The van der Waals surface area contributed by atoms with Crippen molar-refractivity contribution in [2.45, 2.75) is 51.6 Å². The van der Waals surface area contributed by atoms with Gasteiger partial charge >= 0.3 is 0 Å². The van der Waals surface area contributed by atoms with E-state index in [0.717, 1.165) is 25.6 Å². The van der Waals surface area contributed by atoms with Crippen molar-refractivity contribution in [1.29, 1.82) is 0 Å². The Labute approximate surface area is 105 Å². The highest BCUT2D eigenvalue weighted by Gasteiger charge is 2.28. The second kappa shape index (κ2) is 5.25. The van der Waals surface area contributed by atoms with E-state index in [4.69, 9.17) is 0 Å². The SMILES string of the molecule is CC(C)(C)N1CCN=C1NCC1CCCCN1. The molecule has 0 aliphatic carbocycles. The fourth-order valence-electron chi connectivity index (χ4n) is 2.56. The van der Waals surface area contributed by atoms with Crippen LogP contribution in [0.3, 0.4) is 0 Å². The van der Waals surface area contributed by atoms with Crippen molar-refractivity contribution in [3.8, 4) is 0 Å². The largest absolute Gasteiger partial charge is 0.355 e. The third-order valence-electron chi connectivity index (χ3n) is 3.57. The van der Waals surface area contributed by atoms with E-state index in [2.05, 4.69) is 41.3 Å². The first-order valence-electron chi connectivity index (χ1n) is 6.87. The molecule has 2 rings (SSSR count). The molecule has 4 nitrogen and oxygen atoms in total. The van der Waals surface area contributed by atoms with Crippen molar-refractivity contribution in [2.24, 2.45) is 4.99 Å². The van der Waals surface area contributed by atoms with E-state index in [9.17, 15) is 0 Å². The number of hydrogen-bond donors (Lipinski definition) is 2. The van der Waals surface area contributed by atoms with Crippen LogP contribution in [0.15, 0.2) is 4.99 Å². The first-order chi connectivity index (χ1) is 8.07. The number of nitrogens with zero attached hydrogens (tertiary/aromatic N) is 2. The molecular formula is C13H26N4. The van der Waals surface area contributed by atoms with Gasteiger partial charge in [-0.3, -0.25) is 4.99 Å². The smallest absolute Gasteiger partial charge is 0.194 e. The van der Waals surface area contributed by atoms with Gasteiger partial charge in [0.1, 0.15) is 0 Å². The van der Waals surface area contributed by atoms with Gasteiger partial charge in [0.15, 0.2) is 5.96 Å². The van der Waals surface area contributed by atoms with E-state index in [1.165, 1.54) is 25.8 Å². The summed E-state index contributed by atoms with van der Waals surface area (Å²) >= 11 is 0. The van der Waals surface area contributed by atoms with Gasteiger partial charge in [-0.05, 0) is 40.2 Å². The van der Waals surface area contributed by atoms with Crippen molar-refractivity contribution < 1.29 is 0 Å². The maximum Gasteiger partial charge on any atom is 0.194 e. The molecule has 0 spiro atoms. The Kier molecular flexibility index (Phi) is 3.92. The summed E-state index contributed by atoms with van der Waals surface area (Å²) in [7, 11) is 0. The predicted molar refractivity (Wildman–Crippen MR) is 72.4 cm³/mol. The molecule has 2 N–H and O–H groups in total. The second-order valence-corrected chi connectivity index (χ2v) is 6.06. The van der Waals surface area contributed by atoms with Gasteiger partial charge < -0.3 is 15.5 Å². The number of nitrogens with one attached hydrogen (secondary N) is 2. The van der Waals surface area contributed by atoms with E-state index in [1.54, 1.807) is 0 Å². The van der Waals surface area contributed by atoms with Gasteiger partial charge in [0.2, 0.25) is 0 Å². The van der Waals surface area contributed by atoms with Gasteiger partial charge in [-0.1, -0.05) is 6.42 Å². The molecule has 2 aliphatic heterocycles. The maximum atomic E-state index is 4.57. The highest BCUT2D eigenvalue weighted by atomic mass is 15.4. The summed E-state index contributed by atoms with van der Waals surface area (Å²) in [5.41, 5.74) is 0.169. The normalized spacial score (nSPS) is 25.9. The summed E-state index contributed by atoms with van der Waals surface area (Å²) in [6.07, 6.45) is 3.97. The van der Waals surface area contributed by atoms with Gasteiger partial charge in [-0.15, -0.1) is 0 Å². The molecule has 0 aromatic carbocycles. The summed E-state index contributed by atoms with van der Waals surface area (Å²) in [5.74, 6) is 1.09. The minimum absolute atomic E-state index is 0.169. The van der Waals surface area contributed by atoms with Gasteiger partial charge in [0, 0.05) is 24.7 Å². The zero-order valence-electron chi connectivity index (χ0n) is 11.4. The van der Waals surface area contributed by atoms with Crippen molar-refractivity contribution in [2.75, 3.05) is 26.2 Å². The fourth-order valence-corrected chi connectivity index (χ4v) is 2.56. The molecule has 0 amide bonds. The van der Waals surface area contributed by atoms with Gasteiger partial charge in [-0.25, -0.2) is 0 Å². The average molecular weight is 238 g/mol. The standard InChI is InChI=1S/C13H26N4/c1-13(2,3)17-9-8-15-12(17)16-10-11-6-4-5-7-14-11/h11,14H,4-10H2,1-3H3,(H,15,16). The Morgan fingerprint density at radius 3 is 2.88 bits per heavy atom. The van der Waals surface area contributed by atoms with E-state index < -0.39 is 0 Å². The molecule has 0 saturated carbocycles. The lowest BCUT2D eigenvalue weighted by atomic mass is 10.1. The van der Waals surface area contributed by atoms with Crippen LogP contribution in [0.4, 0.5) is 0 Å². The molecule has 0 aromatic heterocycles. The molecule has 4 heteroatoms. The first kappa shape index (κ1) is 12.7. The molecule has 1 fully saturated rings. The third kappa shape index (κ3) is 3.35. The number of piperidine rings is 1. The quantitative estimate of drug-likeness (QED) is 0.759. The average Bonchev–Trinajstić information content (AvgIpc) is 2.75. The van der Waals surface area contributed by atoms with Crippen molar-refractivity contribution in [1.82, 2.24) is 15.5 Å². The van der Waals surface area contributed by atoms with Gasteiger partial charge in [-0.2, -0.15) is 0 Å². The Balaban J connectivity index is 1.81. The Hall–Kier alpha value is -0.770. The van der Waals surface area contributed by atoms with Gasteiger partial charge in [0.25, 0.3) is 0 Å². The maximum absolute atomic E-state index is 4.57. The van der Waals surface area contributed by atoms with Crippen LogP contribution < -0.4 is 10.6 Å². The highest BCUT2D eigenvalue weighted by Crippen LogP contribution is 2.16. The topological polar surface area (TPSA) is 39.7 Å². The van der Waals surface area contributed by atoms with Crippen LogP contribution in [0.1, 0.15) is 40.0 Å². The van der Waals surface area contributed by atoms with Crippen LogP contribution in [-0.2, 0) is 0 Å². The lowest BCUT2D eigenvalue weighted by Gasteiger charge is -2.35. The monoisotopic (exact) mass is 238 g/mol. The van der Waals surface area contributed by atoms with E-state index in [0.29, 0.717) is 6.04 Å². The molecule has 2 heterocycles. The predicted octanol–water partition coefficient (Wildman–Crippen LogP) is 1.19. The molecule has 0 radical (unpaired) electrons. The lowest BCUT2D eigenvalue weighted by Crippen LogP contribution is -2.52. The molecule has 1 atom stereocenters. The number of rotatable bonds is 2. The number of aliphatic imine (C=N–C) groups is 1. The van der Waals surface area contributed by atoms with Crippen molar-refractivity contribution >= 4 is 5.96 Å². The van der Waals surface area contributed by atoms with Crippen LogP contribution in [-0.4, -0.2) is 48.6 Å². The summed E-state index contributed by atoms with van der Waals surface area (Å²) in [6.45, 7) is 10.9. The molecule has 2 aliphatic rings. The molecule has 1 saturated heterocycles. The summed E-state index contributed by atoms with van der Waals surface area (Å²) in [6, 6.07) is 0.619. The Bertz CT molecular complexity index is 274. The fraction of sp³-hybridized carbons (Fsp3) is 0.923. The first-order valence-corrected chi connectivity index (χ1v) is 6.87. The van der Waals surface area contributed by atoms with E-state index in [1.807, 2.05) is 0 Å². The highest BCUT2D eigenvalue weighted by molar-refractivity contribution is 5.82. The molecule has 1 unspecified atom stereocenters. The Morgan fingerprint density at radius 2 is 2.24 bits per heavy atom. The molecule has 98 valence electrons. The molecular weight excluding hydrogens is 212 g/mol. The van der Waals surface area contributed by atoms with E-state index >= 15 is 0 Å². The van der Waals surface area contributed by atoms with Crippen molar-refractivity contribution in [3.05, 3.63) is 0 Å². The van der Waals surface area contributed by atoms with Crippen LogP contribution >= 0.6 is 0 Å². The minimum atomic E-state index is 0.169. The second-order valence-electron chi connectivity index (χ2n) is 6.06. The lowest BCUT2D eigenvalue weighted by molar-refractivity contribution is 0.248. The Morgan fingerprint density at radius 1 is 1.41 bits per heavy atom. The third-order valence-corrected chi connectivity index (χ3v) is 3.57. The molecule has 17 heavy (non-hydrogen) atoms. The summed E-state index contributed by atoms with van der Waals surface area (Å²) < 4.78 is 0. The summed E-state index contributed by atoms with van der Waals surface area (Å²) in [5, 5.41) is 7.08. The van der Waals surface area contributed by atoms with Gasteiger partial charge in [0.05, 0.1) is 6.54 Å². The molecule has 0 aromatic rings. The zero-order chi connectivity index (χ0) is 12.3. The van der Waals surface area contributed by atoms with Crippen LogP contribution in [0, 0.1) is 0 Å². The van der Waals surface area contributed by atoms with E-state index in [-0.39, 0.29) is 5.54 Å². The van der Waals surface area contributed by atoms with Crippen LogP contribution in [0.5, 0.6) is 0 Å². The number of hydrogen-bond acceptors (Lipinski definition) is 4. The van der Waals surface area contributed by atoms with Crippen LogP contribution in [0.2, 0.25) is 0 Å². The molecule has 0 bridgehead atoms.